The van der Waals surface area contributed by atoms with Gasteiger partial charge in [-0.3, -0.25) is 4.79 Å². The fourth-order valence-corrected chi connectivity index (χ4v) is 4.28. The number of rotatable bonds is 7. The molecule has 1 unspecified atom stereocenters. The number of aryl methyl sites for hydroxylation is 2. The van der Waals surface area contributed by atoms with Gasteiger partial charge in [0.25, 0.3) is 0 Å². The number of carbonyl (C=O) groups is 1. The van der Waals surface area contributed by atoms with Gasteiger partial charge in [-0.2, -0.15) is 4.72 Å². The lowest BCUT2D eigenvalue weighted by Gasteiger charge is -2.19. The smallest absolute Gasteiger partial charge is 0.242 e. The highest BCUT2D eigenvalue weighted by molar-refractivity contribution is 7.89. The second kappa shape index (κ2) is 9.43. The van der Waals surface area contributed by atoms with E-state index >= 15 is 0 Å². The van der Waals surface area contributed by atoms with Crippen LogP contribution < -0.4 is 10.0 Å². The maximum absolute atomic E-state index is 13.0. The zero-order valence-corrected chi connectivity index (χ0v) is 18.3. The number of sulfonamides is 1. The van der Waals surface area contributed by atoms with Crippen molar-refractivity contribution in [2.75, 3.05) is 5.32 Å². The molecule has 0 spiro atoms. The van der Waals surface area contributed by atoms with Gasteiger partial charge in [-0.1, -0.05) is 48.0 Å². The van der Waals surface area contributed by atoms with E-state index < -0.39 is 22.0 Å². The highest BCUT2D eigenvalue weighted by Crippen LogP contribution is 2.17. The number of benzene rings is 3. The van der Waals surface area contributed by atoms with Gasteiger partial charge in [0.1, 0.15) is 6.04 Å². The molecule has 3 aromatic rings. The quantitative estimate of drug-likeness (QED) is 0.566. The lowest BCUT2D eigenvalue weighted by molar-refractivity contribution is -0.117. The van der Waals surface area contributed by atoms with E-state index in [4.69, 9.17) is 11.6 Å². The molecule has 0 saturated heterocycles. The van der Waals surface area contributed by atoms with Crippen LogP contribution in [-0.2, 0) is 21.2 Å². The SMILES string of the molecule is Cc1ccc(NC(=O)C(Cc2ccccc2)NS(=O)(=O)c2ccc(Cl)cc2)cc1C. The molecule has 156 valence electrons. The summed E-state index contributed by atoms with van der Waals surface area (Å²) in [5.74, 6) is -0.431. The van der Waals surface area contributed by atoms with Gasteiger partial charge >= 0.3 is 0 Å². The predicted octanol–water partition coefficient (Wildman–Crippen LogP) is 4.49. The summed E-state index contributed by atoms with van der Waals surface area (Å²) in [5, 5.41) is 3.26. The summed E-state index contributed by atoms with van der Waals surface area (Å²) in [7, 11) is -3.92. The molecule has 0 saturated carbocycles. The summed E-state index contributed by atoms with van der Waals surface area (Å²) in [6.07, 6.45) is 0.213. The van der Waals surface area contributed by atoms with Crippen molar-refractivity contribution in [3.05, 3.63) is 94.5 Å². The Morgan fingerprint density at radius 1 is 0.933 bits per heavy atom. The third-order valence-corrected chi connectivity index (χ3v) is 6.53. The monoisotopic (exact) mass is 442 g/mol. The van der Waals surface area contributed by atoms with Crippen LogP contribution in [0.5, 0.6) is 0 Å². The van der Waals surface area contributed by atoms with E-state index in [0.29, 0.717) is 10.7 Å². The first-order valence-corrected chi connectivity index (χ1v) is 11.3. The molecule has 1 atom stereocenters. The van der Waals surface area contributed by atoms with Crippen LogP contribution in [0.2, 0.25) is 5.02 Å². The molecule has 2 N–H and O–H groups in total. The average molecular weight is 443 g/mol. The minimum Gasteiger partial charge on any atom is -0.325 e. The lowest BCUT2D eigenvalue weighted by atomic mass is 10.1. The standard InChI is InChI=1S/C23H23ClN2O3S/c1-16-8-11-20(14-17(16)2)25-23(27)22(15-18-6-4-3-5-7-18)26-30(28,29)21-12-9-19(24)10-13-21/h3-14,22,26H,15H2,1-2H3,(H,25,27). The summed E-state index contributed by atoms with van der Waals surface area (Å²) in [6, 6.07) is 19.7. The van der Waals surface area contributed by atoms with Crippen LogP contribution >= 0.6 is 11.6 Å². The zero-order chi connectivity index (χ0) is 21.7. The van der Waals surface area contributed by atoms with Gasteiger partial charge in [-0.05, 0) is 73.4 Å². The minimum absolute atomic E-state index is 0.0453. The van der Waals surface area contributed by atoms with Crippen LogP contribution in [0.25, 0.3) is 0 Å². The number of anilines is 1. The fraction of sp³-hybridized carbons (Fsp3) is 0.174. The van der Waals surface area contributed by atoms with E-state index in [0.717, 1.165) is 16.7 Å². The van der Waals surface area contributed by atoms with E-state index in [9.17, 15) is 13.2 Å². The number of hydrogen-bond acceptors (Lipinski definition) is 3. The Labute approximate surface area is 182 Å². The zero-order valence-electron chi connectivity index (χ0n) is 16.7. The van der Waals surface area contributed by atoms with Crippen molar-refractivity contribution in [3.63, 3.8) is 0 Å². The molecular weight excluding hydrogens is 420 g/mol. The highest BCUT2D eigenvalue weighted by atomic mass is 35.5. The number of carbonyl (C=O) groups excluding carboxylic acids is 1. The first kappa shape index (κ1) is 22.0. The summed E-state index contributed by atoms with van der Waals surface area (Å²) in [6.45, 7) is 3.94. The summed E-state index contributed by atoms with van der Waals surface area (Å²) in [4.78, 5) is 13.1. The van der Waals surface area contributed by atoms with Crippen molar-refractivity contribution in [1.29, 1.82) is 0 Å². The average Bonchev–Trinajstić information content (AvgIpc) is 2.71. The fourth-order valence-electron chi connectivity index (χ4n) is 2.96. The van der Waals surface area contributed by atoms with Gasteiger partial charge in [0.15, 0.2) is 0 Å². The summed E-state index contributed by atoms with van der Waals surface area (Å²) >= 11 is 5.86. The number of nitrogens with one attached hydrogen (secondary N) is 2. The molecule has 30 heavy (non-hydrogen) atoms. The second-order valence-corrected chi connectivity index (χ2v) is 9.26. The minimum atomic E-state index is -3.92. The Balaban J connectivity index is 1.86. The van der Waals surface area contributed by atoms with E-state index in [2.05, 4.69) is 10.0 Å². The van der Waals surface area contributed by atoms with E-state index in [1.54, 1.807) is 6.07 Å². The first-order chi connectivity index (χ1) is 14.2. The number of hydrogen-bond donors (Lipinski definition) is 2. The molecule has 0 aromatic heterocycles. The normalized spacial score (nSPS) is 12.4. The highest BCUT2D eigenvalue weighted by Gasteiger charge is 2.26. The van der Waals surface area contributed by atoms with E-state index in [1.165, 1.54) is 24.3 Å². The third kappa shape index (κ3) is 5.69. The molecule has 3 aromatic carbocycles. The van der Waals surface area contributed by atoms with Gasteiger partial charge in [0.2, 0.25) is 15.9 Å². The van der Waals surface area contributed by atoms with Gasteiger partial charge in [-0.25, -0.2) is 8.42 Å². The molecule has 0 aliphatic rings. The maximum Gasteiger partial charge on any atom is 0.242 e. The van der Waals surface area contributed by atoms with Crippen LogP contribution in [0, 0.1) is 13.8 Å². The molecule has 5 nitrogen and oxygen atoms in total. The third-order valence-electron chi connectivity index (χ3n) is 4.79. The first-order valence-electron chi connectivity index (χ1n) is 9.44. The van der Waals surface area contributed by atoms with E-state index in [1.807, 2.05) is 56.3 Å². The van der Waals surface area contributed by atoms with Gasteiger partial charge in [0, 0.05) is 10.7 Å². The molecule has 0 heterocycles. The van der Waals surface area contributed by atoms with Crippen molar-refractivity contribution in [1.82, 2.24) is 4.72 Å². The lowest BCUT2D eigenvalue weighted by Crippen LogP contribution is -2.45. The molecule has 0 radical (unpaired) electrons. The maximum atomic E-state index is 13.0. The Bertz CT molecular complexity index is 1130. The Morgan fingerprint density at radius 3 is 2.23 bits per heavy atom. The summed E-state index contributed by atoms with van der Waals surface area (Å²) < 4.78 is 28.3. The topological polar surface area (TPSA) is 75.3 Å². The van der Waals surface area contributed by atoms with Crippen molar-refractivity contribution in [2.24, 2.45) is 0 Å². The Morgan fingerprint density at radius 2 is 1.60 bits per heavy atom. The molecule has 0 fully saturated rings. The van der Waals surface area contributed by atoms with Crippen LogP contribution in [0.1, 0.15) is 16.7 Å². The molecule has 0 aliphatic carbocycles. The van der Waals surface area contributed by atoms with Crippen molar-refractivity contribution < 1.29 is 13.2 Å². The molecule has 0 aliphatic heterocycles. The second-order valence-electron chi connectivity index (χ2n) is 7.11. The molecule has 1 amide bonds. The Hall–Kier alpha value is -2.67. The van der Waals surface area contributed by atoms with Crippen molar-refractivity contribution in [2.45, 2.75) is 31.2 Å². The molecular formula is C23H23ClN2O3S. The molecule has 3 rings (SSSR count). The van der Waals surface area contributed by atoms with Gasteiger partial charge < -0.3 is 5.32 Å². The van der Waals surface area contributed by atoms with Crippen LogP contribution in [0.3, 0.4) is 0 Å². The summed E-state index contributed by atoms with van der Waals surface area (Å²) in [5.41, 5.74) is 3.61. The predicted molar refractivity (Wildman–Crippen MR) is 120 cm³/mol. The van der Waals surface area contributed by atoms with Crippen LogP contribution in [0.15, 0.2) is 77.7 Å². The number of amides is 1. The van der Waals surface area contributed by atoms with Gasteiger partial charge in [0.05, 0.1) is 4.90 Å². The van der Waals surface area contributed by atoms with Crippen LogP contribution in [0.4, 0.5) is 5.69 Å². The molecule has 7 heteroatoms. The van der Waals surface area contributed by atoms with Crippen molar-refractivity contribution in [3.8, 4) is 0 Å². The van der Waals surface area contributed by atoms with Gasteiger partial charge in [-0.15, -0.1) is 0 Å². The van der Waals surface area contributed by atoms with Crippen molar-refractivity contribution >= 4 is 33.2 Å². The van der Waals surface area contributed by atoms with E-state index in [-0.39, 0.29) is 11.3 Å². The number of halogens is 1. The largest absolute Gasteiger partial charge is 0.325 e. The van der Waals surface area contributed by atoms with Crippen LogP contribution in [-0.4, -0.2) is 20.4 Å². The Kier molecular flexibility index (Phi) is 6.92. The molecule has 0 bridgehead atoms.